The summed E-state index contributed by atoms with van der Waals surface area (Å²) in [4.78, 5) is 42.6. The minimum absolute atomic E-state index is 0.0961. The molecule has 0 spiro atoms. The number of carbonyl (C=O) groups excluding carboxylic acids is 3. The van der Waals surface area contributed by atoms with Crippen LogP contribution in [0.4, 0.5) is 18.9 Å². The lowest BCUT2D eigenvalue weighted by atomic mass is 9.98. The Balaban J connectivity index is 1.23. The maximum absolute atomic E-state index is 13.3. The molecule has 3 aromatic rings. The van der Waals surface area contributed by atoms with Gasteiger partial charge in [-0.3, -0.25) is 19.4 Å². The highest BCUT2D eigenvalue weighted by atomic mass is 35.5. The van der Waals surface area contributed by atoms with Crippen LogP contribution in [0.2, 0.25) is 5.15 Å². The van der Waals surface area contributed by atoms with Crippen LogP contribution in [0, 0.1) is 5.92 Å². The number of nitrogens with one attached hydrogen (secondary N) is 2. The van der Waals surface area contributed by atoms with Crippen LogP contribution >= 0.6 is 11.6 Å². The van der Waals surface area contributed by atoms with Crippen molar-refractivity contribution in [3.05, 3.63) is 70.8 Å². The van der Waals surface area contributed by atoms with E-state index < -0.39 is 35.6 Å². The third-order valence-corrected chi connectivity index (χ3v) is 7.10. The molecule has 0 radical (unpaired) electrons. The number of halogens is 4. The van der Waals surface area contributed by atoms with E-state index in [1.165, 1.54) is 16.9 Å². The third-order valence-electron chi connectivity index (χ3n) is 6.82. The van der Waals surface area contributed by atoms with E-state index in [-0.39, 0.29) is 28.9 Å². The Morgan fingerprint density at radius 1 is 1.18 bits per heavy atom. The Hall–Kier alpha value is -3.97. The van der Waals surface area contributed by atoms with Gasteiger partial charge >= 0.3 is 6.18 Å². The molecule has 2 atom stereocenters. The average molecular weight is 576 g/mol. The van der Waals surface area contributed by atoms with Crippen LogP contribution < -0.4 is 10.6 Å². The molecule has 1 aromatic carbocycles. The summed E-state index contributed by atoms with van der Waals surface area (Å²) >= 11 is 6.12. The van der Waals surface area contributed by atoms with Gasteiger partial charge in [0.1, 0.15) is 11.7 Å². The predicted molar refractivity (Wildman–Crippen MR) is 138 cm³/mol. The number of fused-ring (bicyclic) bond motifs is 2. The molecule has 5 rings (SSSR count). The quantitative estimate of drug-likeness (QED) is 0.463. The zero-order valence-corrected chi connectivity index (χ0v) is 22.0. The molecule has 1 fully saturated rings. The van der Waals surface area contributed by atoms with Crippen LogP contribution in [0.5, 0.6) is 0 Å². The Kier molecular flexibility index (Phi) is 7.51. The van der Waals surface area contributed by atoms with E-state index in [1.807, 2.05) is 29.3 Å². The molecule has 0 aliphatic carbocycles. The number of alkyl halides is 3. The Morgan fingerprint density at radius 2 is 1.95 bits per heavy atom. The first-order valence-corrected chi connectivity index (χ1v) is 12.9. The molecule has 3 amide bonds. The van der Waals surface area contributed by atoms with Gasteiger partial charge in [-0.15, -0.1) is 0 Å². The molecule has 0 bridgehead atoms. The SMILES string of the molecule is C[C@H](CC(=O)Nc1cn(-c2ccc(C(F)(F)F)nc2)nc1Cl)C(=O)N[C@@H]1C(=O)N2CCCN2Cc2ccccc21. The summed E-state index contributed by atoms with van der Waals surface area (Å²) in [6, 6.07) is 8.58. The number of benzene rings is 1. The fourth-order valence-corrected chi connectivity index (χ4v) is 4.95. The highest BCUT2D eigenvalue weighted by molar-refractivity contribution is 6.32. The fraction of sp³-hybridized carbons (Fsp3) is 0.346. The van der Waals surface area contributed by atoms with Crippen LogP contribution in [-0.2, 0) is 27.1 Å². The topological polar surface area (TPSA) is 112 Å². The molecule has 10 nitrogen and oxygen atoms in total. The van der Waals surface area contributed by atoms with Crippen LogP contribution in [0.25, 0.3) is 5.69 Å². The van der Waals surface area contributed by atoms with Crippen molar-refractivity contribution in [2.75, 3.05) is 18.4 Å². The largest absolute Gasteiger partial charge is 0.433 e. The number of nitrogens with zero attached hydrogens (tertiary/aromatic N) is 5. The van der Waals surface area contributed by atoms with Crippen molar-refractivity contribution in [2.24, 2.45) is 5.92 Å². The number of anilines is 1. The first-order valence-electron chi connectivity index (χ1n) is 12.5. The Bertz CT molecular complexity index is 1440. The number of carbonyl (C=O) groups is 3. The van der Waals surface area contributed by atoms with Crippen molar-refractivity contribution in [2.45, 2.75) is 38.5 Å². The monoisotopic (exact) mass is 575 g/mol. The van der Waals surface area contributed by atoms with Gasteiger partial charge in [0.25, 0.3) is 5.91 Å². The lowest BCUT2D eigenvalue weighted by molar-refractivity contribution is -0.148. The number of hydrazine groups is 1. The standard InChI is InChI=1S/C26H25ClF3N7O3/c1-15(24(39)33-22-18-6-3-2-5-16(18)13-35-9-4-10-37(35)25(22)40)11-21(38)32-19-14-36(34-23(19)27)17-7-8-20(31-12-17)26(28,29)30/h2-3,5-8,12,14-15,22H,4,9-11,13H2,1H3,(H,32,38)(H,33,39)/t15-,22+/m1/s1. The Morgan fingerprint density at radius 3 is 2.67 bits per heavy atom. The van der Waals surface area contributed by atoms with Crippen molar-refractivity contribution in [1.82, 2.24) is 30.1 Å². The summed E-state index contributed by atoms with van der Waals surface area (Å²) in [6.45, 7) is 3.48. The van der Waals surface area contributed by atoms with Crippen LogP contribution in [0.1, 0.15) is 42.6 Å². The van der Waals surface area contributed by atoms with Gasteiger partial charge in [-0.05, 0) is 29.7 Å². The van der Waals surface area contributed by atoms with Gasteiger partial charge in [0.2, 0.25) is 11.8 Å². The Labute approximate surface area is 232 Å². The second kappa shape index (κ2) is 10.9. The zero-order chi connectivity index (χ0) is 28.6. The van der Waals surface area contributed by atoms with Gasteiger partial charge in [0.15, 0.2) is 5.15 Å². The van der Waals surface area contributed by atoms with Crippen molar-refractivity contribution in [1.29, 1.82) is 0 Å². The van der Waals surface area contributed by atoms with E-state index in [1.54, 1.807) is 11.9 Å². The maximum atomic E-state index is 13.3. The molecule has 14 heteroatoms. The van der Waals surface area contributed by atoms with Crippen molar-refractivity contribution in [3.8, 4) is 5.69 Å². The van der Waals surface area contributed by atoms with Gasteiger partial charge in [-0.1, -0.05) is 42.8 Å². The predicted octanol–water partition coefficient (Wildman–Crippen LogP) is 3.72. The first-order chi connectivity index (χ1) is 19.0. The second-order valence-electron chi connectivity index (χ2n) is 9.67. The molecule has 2 aromatic heterocycles. The van der Waals surface area contributed by atoms with Gasteiger partial charge < -0.3 is 10.6 Å². The maximum Gasteiger partial charge on any atom is 0.433 e. The van der Waals surface area contributed by atoms with E-state index in [0.717, 1.165) is 36.4 Å². The number of amides is 3. The zero-order valence-electron chi connectivity index (χ0n) is 21.3. The summed E-state index contributed by atoms with van der Waals surface area (Å²) in [7, 11) is 0. The summed E-state index contributed by atoms with van der Waals surface area (Å²) in [5.41, 5.74) is 0.936. The highest BCUT2D eigenvalue weighted by Crippen LogP contribution is 2.31. The lowest BCUT2D eigenvalue weighted by Gasteiger charge is -2.28. The molecular weight excluding hydrogens is 551 g/mol. The molecule has 2 aliphatic heterocycles. The van der Waals surface area contributed by atoms with Crippen molar-refractivity contribution < 1.29 is 27.6 Å². The summed E-state index contributed by atoms with van der Waals surface area (Å²) in [6.07, 6.45) is -1.63. The lowest BCUT2D eigenvalue weighted by Crippen LogP contribution is -2.46. The highest BCUT2D eigenvalue weighted by Gasteiger charge is 2.38. The van der Waals surface area contributed by atoms with Crippen LogP contribution in [0.15, 0.2) is 48.8 Å². The van der Waals surface area contributed by atoms with E-state index >= 15 is 0 Å². The average Bonchev–Trinajstić information content (AvgIpc) is 3.50. The second-order valence-corrected chi connectivity index (χ2v) is 10.0. The number of hydrogen-bond acceptors (Lipinski definition) is 6. The van der Waals surface area contributed by atoms with Gasteiger partial charge in [-0.2, -0.15) is 18.3 Å². The van der Waals surface area contributed by atoms with E-state index in [9.17, 15) is 27.6 Å². The molecule has 0 unspecified atom stereocenters. The van der Waals surface area contributed by atoms with Gasteiger partial charge in [-0.25, -0.2) is 14.7 Å². The van der Waals surface area contributed by atoms with Crippen LogP contribution in [0.3, 0.4) is 0 Å². The summed E-state index contributed by atoms with van der Waals surface area (Å²) < 4.78 is 39.5. The molecule has 4 heterocycles. The minimum Gasteiger partial charge on any atom is -0.340 e. The van der Waals surface area contributed by atoms with Crippen LogP contribution in [-0.4, -0.2) is 55.6 Å². The van der Waals surface area contributed by atoms with Gasteiger partial charge in [0.05, 0.1) is 23.8 Å². The number of aromatic nitrogens is 3. The fourth-order valence-electron chi connectivity index (χ4n) is 4.77. The van der Waals surface area contributed by atoms with Crippen molar-refractivity contribution >= 4 is 35.0 Å². The molecule has 1 saturated heterocycles. The van der Waals surface area contributed by atoms with E-state index in [0.29, 0.717) is 13.1 Å². The van der Waals surface area contributed by atoms with Crippen molar-refractivity contribution in [3.63, 3.8) is 0 Å². The smallest absolute Gasteiger partial charge is 0.340 e. The number of rotatable bonds is 6. The van der Waals surface area contributed by atoms with E-state index in [4.69, 9.17) is 11.6 Å². The van der Waals surface area contributed by atoms with Gasteiger partial charge in [0, 0.05) is 32.0 Å². The molecular formula is C26H25ClF3N7O3. The van der Waals surface area contributed by atoms with E-state index in [2.05, 4.69) is 20.7 Å². The summed E-state index contributed by atoms with van der Waals surface area (Å²) in [5.74, 6) is -2.00. The molecule has 2 N–H and O–H groups in total. The first kappa shape index (κ1) is 27.6. The molecule has 2 aliphatic rings. The molecule has 210 valence electrons. The molecule has 0 saturated carbocycles. The number of hydrogen-bond donors (Lipinski definition) is 2. The summed E-state index contributed by atoms with van der Waals surface area (Å²) in [5, 5.41) is 13.0. The normalized spacial score (nSPS) is 18.1. The third kappa shape index (κ3) is 5.65. The number of pyridine rings is 1. The minimum atomic E-state index is -4.58. The molecule has 40 heavy (non-hydrogen) atoms.